The monoisotopic (exact) mass is 306 g/mol. The van der Waals surface area contributed by atoms with Crippen LogP contribution in [0.25, 0.3) is 0 Å². The average molecular weight is 307 g/mol. The van der Waals surface area contributed by atoms with Crippen LogP contribution < -0.4 is 0 Å². The van der Waals surface area contributed by atoms with Gasteiger partial charge in [-0.25, -0.2) is 4.79 Å². The van der Waals surface area contributed by atoms with Crippen molar-refractivity contribution in [2.45, 2.75) is 68.8 Å². The summed E-state index contributed by atoms with van der Waals surface area (Å²) < 4.78 is 16.3. The first-order chi connectivity index (χ1) is 8.10. The minimum Gasteiger partial charge on any atom is -0.427 e. The number of carbonyl (C=O) groups is 1. The quantitative estimate of drug-likeness (QED) is 0.581. The van der Waals surface area contributed by atoms with Gasteiger partial charge in [0.2, 0.25) is 0 Å². The molecular formula is C12H19BrO4. The number of rotatable bonds is 2. The second kappa shape index (κ2) is 5.57. The lowest BCUT2D eigenvalue weighted by Gasteiger charge is -2.31. The molecule has 2 aliphatic heterocycles. The van der Waals surface area contributed by atoms with Gasteiger partial charge in [-0.2, -0.15) is 0 Å². The zero-order chi connectivity index (χ0) is 12.4. The number of ether oxygens (including phenoxy) is 3. The molecule has 4 nitrogen and oxygen atoms in total. The summed E-state index contributed by atoms with van der Waals surface area (Å²) >= 11 is 3.65. The zero-order valence-electron chi connectivity index (χ0n) is 10.2. The predicted molar refractivity (Wildman–Crippen MR) is 66.3 cm³/mol. The third kappa shape index (κ3) is 3.13. The molecule has 5 heteroatoms. The summed E-state index contributed by atoms with van der Waals surface area (Å²) in [7, 11) is 0. The molecule has 17 heavy (non-hydrogen) atoms. The zero-order valence-corrected chi connectivity index (χ0v) is 11.8. The minimum absolute atomic E-state index is 0.0899. The van der Waals surface area contributed by atoms with Crippen molar-refractivity contribution < 1.29 is 19.0 Å². The summed E-state index contributed by atoms with van der Waals surface area (Å²) in [5.41, 5.74) is 0. The molecule has 0 spiro atoms. The van der Waals surface area contributed by atoms with Gasteiger partial charge < -0.3 is 14.2 Å². The summed E-state index contributed by atoms with van der Waals surface area (Å²) in [5, 5.41) is 0. The van der Waals surface area contributed by atoms with Gasteiger partial charge in [-0.1, -0.05) is 22.9 Å². The van der Waals surface area contributed by atoms with E-state index in [0.29, 0.717) is 4.83 Å². The molecule has 2 saturated heterocycles. The highest BCUT2D eigenvalue weighted by Crippen LogP contribution is 2.30. The first-order valence-electron chi connectivity index (χ1n) is 6.27. The van der Waals surface area contributed by atoms with Gasteiger partial charge in [0.1, 0.15) is 12.2 Å². The van der Waals surface area contributed by atoms with Crippen molar-refractivity contribution in [3.8, 4) is 0 Å². The Hall–Kier alpha value is -0.290. The molecule has 2 heterocycles. The Labute approximate surface area is 110 Å². The fraction of sp³-hybridized carbons (Fsp3) is 0.917. The van der Waals surface area contributed by atoms with Gasteiger partial charge in [0, 0.05) is 11.2 Å². The van der Waals surface area contributed by atoms with E-state index in [1.807, 2.05) is 6.92 Å². The third-order valence-electron chi connectivity index (χ3n) is 3.41. The second-order valence-corrected chi connectivity index (χ2v) is 5.96. The maximum absolute atomic E-state index is 11.1. The molecular weight excluding hydrogens is 288 g/mol. The van der Waals surface area contributed by atoms with E-state index < -0.39 is 6.16 Å². The molecule has 0 aromatic heterocycles. The van der Waals surface area contributed by atoms with Crippen LogP contribution in [0.2, 0.25) is 0 Å². The first kappa shape index (κ1) is 13.1. The Balaban J connectivity index is 2.00. The van der Waals surface area contributed by atoms with Crippen LogP contribution in [0.15, 0.2) is 0 Å². The Kier molecular flexibility index (Phi) is 4.31. The third-order valence-corrected chi connectivity index (χ3v) is 4.65. The summed E-state index contributed by atoms with van der Waals surface area (Å²) in [6.07, 6.45) is 2.99. The highest BCUT2D eigenvalue weighted by atomic mass is 79.9. The van der Waals surface area contributed by atoms with E-state index in [-0.39, 0.29) is 24.4 Å². The number of alkyl halides is 1. The van der Waals surface area contributed by atoms with Gasteiger partial charge in [0.25, 0.3) is 0 Å². The lowest BCUT2D eigenvalue weighted by Crippen LogP contribution is -2.37. The molecule has 0 N–H and O–H groups in total. The van der Waals surface area contributed by atoms with Gasteiger partial charge in [-0.05, 0) is 26.2 Å². The molecule has 2 aliphatic rings. The van der Waals surface area contributed by atoms with E-state index >= 15 is 0 Å². The number of hydrogen-bond donors (Lipinski definition) is 0. The van der Waals surface area contributed by atoms with Crippen LogP contribution in [0.4, 0.5) is 4.79 Å². The maximum atomic E-state index is 11.1. The second-order valence-electron chi connectivity index (χ2n) is 4.79. The van der Waals surface area contributed by atoms with Crippen molar-refractivity contribution in [3.05, 3.63) is 0 Å². The molecule has 0 bridgehead atoms. The normalized spacial score (nSPS) is 39.6. The van der Waals surface area contributed by atoms with Crippen LogP contribution in [-0.2, 0) is 14.2 Å². The van der Waals surface area contributed by atoms with Crippen LogP contribution in [0.1, 0.15) is 39.5 Å². The van der Waals surface area contributed by atoms with Crippen LogP contribution in [-0.4, -0.2) is 35.4 Å². The molecule has 0 saturated carbocycles. The summed E-state index contributed by atoms with van der Waals surface area (Å²) in [4.78, 5) is 11.5. The molecule has 5 atom stereocenters. The van der Waals surface area contributed by atoms with Crippen molar-refractivity contribution in [2.75, 3.05) is 0 Å². The van der Waals surface area contributed by atoms with Crippen LogP contribution in [0, 0.1) is 0 Å². The van der Waals surface area contributed by atoms with E-state index in [1.54, 1.807) is 0 Å². The highest BCUT2D eigenvalue weighted by Gasteiger charge is 2.40. The summed E-state index contributed by atoms with van der Waals surface area (Å²) in [5.74, 6) is 0. The summed E-state index contributed by atoms with van der Waals surface area (Å²) in [6.45, 7) is 4.16. The van der Waals surface area contributed by atoms with E-state index in [4.69, 9.17) is 14.2 Å². The lowest BCUT2D eigenvalue weighted by atomic mass is 9.97. The van der Waals surface area contributed by atoms with Crippen molar-refractivity contribution in [3.63, 3.8) is 0 Å². The first-order valence-corrected chi connectivity index (χ1v) is 7.18. The standard InChI is InChI=1S/C12H19BrO4/c1-3-8(13)9-4-5-10-11(6-7(2)15-9)17-12(14)16-10/h7-11H,3-6H2,1-2H3. The van der Waals surface area contributed by atoms with Gasteiger partial charge in [-0.15, -0.1) is 0 Å². The smallest absolute Gasteiger partial charge is 0.427 e. The SMILES string of the molecule is CCC(Br)C1CCC2OC(=O)OC2CC(C)O1. The molecule has 0 aromatic rings. The number of hydrogen-bond acceptors (Lipinski definition) is 4. The number of fused-ring (bicyclic) bond motifs is 1. The molecule has 5 unspecified atom stereocenters. The van der Waals surface area contributed by atoms with E-state index in [0.717, 1.165) is 25.7 Å². The molecule has 2 rings (SSSR count). The molecule has 98 valence electrons. The van der Waals surface area contributed by atoms with E-state index in [9.17, 15) is 4.79 Å². The predicted octanol–water partition coefficient (Wildman–Crippen LogP) is 3.02. The Bertz CT molecular complexity index is 284. The topological polar surface area (TPSA) is 44.8 Å². The van der Waals surface area contributed by atoms with Gasteiger partial charge in [-0.3, -0.25) is 0 Å². The number of halogens is 1. The molecule has 0 radical (unpaired) electrons. The minimum atomic E-state index is -0.531. The molecule has 2 fully saturated rings. The highest BCUT2D eigenvalue weighted by molar-refractivity contribution is 9.09. The van der Waals surface area contributed by atoms with Gasteiger partial charge in [0.05, 0.1) is 12.2 Å². The van der Waals surface area contributed by atoms with Crippen LogP contribution >= 0.6 is 15.9 Å². The van der Waals surface area contributed by atoms with Gasteiger partial charge >= 0.3 is 6.16 Å². The molecule has 0 aromatic carbocycles. The average Bonchev–Trinajstić information content (AvgIpc) is 2.60. The van der Waals surface area contributed by atoms with Crippen molar-refractivity contribution in [2.24, 2.45) is 0 Å². The fourth-order valence-electron chi connectivity index (χ4n) is 2.48. The molecule has 0 aliphatic carbocycles. The van der Waals surface area contributed by atoms with Gasteiger partial charge in [0.15, 0.2) is 0 Å². The Morgan fingerprint density at radius 2 is 2.06 bits per heavy atom. The Morgan fingerprint density at radius 1 is 1.35 bits per heavy atom. The van der Waals surface area contributed by atoms with Crippen molar-refractivity contribution in [1.29, 1.82) is 0 Å². The van der Waals surface area contributed by atoms with Crippen LogP contribution in [0.5, 0.6) is 0 Å². The van der Waals surface area contributed by atoms with Crippen molar-refractivity contribution in [1.82, 2.24) is 0 Å². The fourth-order valence-corrected chi connectivity index (χ4v) is 2.87. The Morgan fingerprint density at radius 3 is 2.76 bits per heavy atom. The maximum Gasteiger partial charge on any atom is 0.509 e. The van der Waals surface area contributed by atoms with E-state index in [1.165, 1.54) is 0 Å². The largest absolute Gasteiger partial charge is 0.509 e. The van der Waals surface area contributed by atoms with E-state index in [2.05, 4.69) is 22.9 Å². The molecule has 0 amide bonds. The van der Waals surface area contributed by atoms with Crippen LogP contribution in [0.3, 0.4) is 0 Å². The van der Waals surface area contributed by atoms with Crippen molar-refractivity contribution >= 4 is 22.1 Å². The summed E-state index contributed by atoms with van der Waals surface area (Å²) in [6, 6.07) is 0. The lowest BCUT2D eigenvalue weighted by molar-refractivity contribution is -0.0510. The number of carbonyl (C=O) groups excluding carboxylic acids is 1.